The quantitative estimate of drug-likeness (QED) is 0.582. The van der Waals surface area contributed by atoms with Crippen LogP contribution in [-0.2, 0) is 4.79 Å². The average molecular weight is 140 g/mol. The first kappa shape index (κ1) is 7.58. The van der Waals surface area contributed by atoms with Gasteiger partial charge in [0.2, 0.25) is 5.91 Å². The summed E-state index contributed by atoms with van der Waals surface area (Å²) >= 11 is 0. The van der Waals surface area contributed by atoms with Crippen LogP contribution < -0.4 is 5.73 Å². The van der Waals surface area contributed by atoms with E-state index in [1.165, 1.54) is 0 Å². The van der Waals surface area contributed by atoms with Crippen molar-refractivity contribution in [2.24, 2.45) is 17.6 Å². The summed E-state index contributed by atoms with van der Waals surface area (Å²) in [5.74, 6) is 0.556. The molecule has 1 fully saturated rings. The van der Waals surface area contributed by atoms with Crippen molar-refractivity contribution in [3.8, 4) is 0 Å². The van der Waals surface area contributed by atoms with E-state index in [4.69, 9.17) is 5.73 Å². The molecule has 0 aliphatic heterocycles. The highest BCUT2D eigenvalue weighted by atomic mass is 16.1. The zero-order valence-electron chi connectivity index (χ0n) is 6.18. The van der Waals surface area contributed by atoms with Crippen LogP contribution in [0.3, 0.4) is 0 Å². The normalized spacial score (nSPS) is 33.7. The molecule has 0 heterocycles. The van der Waals surface area contributed by atoms with Gasteiger partial charge in [0.1, 0.15) is 0 Å². The molecule has 0 aromatic rings. The Morgan fingerprint density at radius 2 is 1.80 bits per heavy atom. The van der Waals surface area contributed by atoms with Gasteiger partial charge >= 0.3 is 0 Å². The topological polar surface area (TPSA) is 43.1 Å². The van der Waals surface area contributed by atoms with Crippen LogP contribution in [0.4, 0.5) is 0 Å². The Labute approximate surface area is 61.8 Å². The molecule has 1 saturated carbocycles. The van der Waals surface area contributed by atoms with Crippen LogP contribution in [-0.4, -0.2) is 5.91 Å². The second-order valence-electron chi connectivity index (χ2n) is 3.12. The molecule has 10 heavy (non-hydrogen) atoms. The van der Waals surface area contributed by atoms with E-state index in [1.807, 2.05) is 0 Å². The van der Waals surface area contributed by atoms with Crippen LogP contribution in [0.15, 0.2) is 0 Å². The summed E-state index contributed by atoms with van der Waals surface area (Å²) < 4.78 is 0. The Hall–Kier alpha value is -0.530. The zero-order valence-corrected chi connectivity index (χ0v) is 6.18. The largest absolute Gasteiger partial charge is 0.369 e. The molecule has 0 aromatic carbocycles. The van der Waals surface area contributed by atoms with Gasteiger partial charge in [0.15, 0.2) is 0 Å². The van der Waals surface area contributed by atoms with E-state index in [0.717, 1.165) is 25.7 Å². The van der Waals surface area contributed by atoms with E-state index in [1.54, 1.807) is 0 Å². The van der Waals surface area contributed by atoms with Crippen LogP contribution in [0.5, 0.6) is 0 Å². The first-order chi connectivity index (χ1) is 4.70. The number of carbonyl (C=O) groups is 1. The number of primary amides is 1. The number of rotatable bonds is 1. The van der Waals surface area contributed by atoms with Gasteiger partial charge in [0.05, 0.1) is 0 Å². The molecule has 1 aliphatic rings. The van der Waals surface area contributed by atoms with Gasteiger partial charge in [-0.05, 0) is 31.6 Å². The van der Waals surface area contributed by atoms with Crippen molar-refractivity contribution in [2.45, 2.75) is 25.7 Å². The second-order valence-corrected chi connectivity index (χ2v) is 3.12. The number of hydrogen-bond donors (Lipinski definition) is 1. The van der Waals surface area contributed by atoms with E-state index >= 15 is 0 Å². The molecule has 2 heteroatoms. The Balaban J connectivity index is 2.33. The third-order valence-corrected chi connectivity index (χ3v) is 2.25. The minimum atomic E-state index is -0.132. The highest BCUT2D eigenvalue weighted by Gasteiger charge is 2.21. The van der Waals surface area contributed by atoms with E-state index < -0.39 is 0 Å². The van der Waals surface area contributed by atoms with Crippen molar-refractivity contribution in [1.82, 2.24) is 0 Å². The fourth-order valence-corrected chi connectivity index (χ4v) is 1.45. The van der Waals surface area contributed by atoms with Gasteiger partial charge < -0.3 is 5.73 Å². The lowest BCUT2D eigenvalue weighted by atomic mass is 9.83. The molecule has 2 N–H and O–H groups in total. The molecule has 1 aliphatic carbocycles. The second kappa shape index (κ2) is 3.04. The number of carbonyl (C=O) groups excluding carboxylic acids is 1. The Morgan fingerprint density at radius 3 is 2.20 bits per heavy atom. The van der Waals surface area contributed by atoms with Crippen molar-refractivity contribution in [1.29, 1.82) is 0 Å². The number of hydrogen-bond acceptors (Lipinski definition) is 1. The molecule has 1 amide bonds. The van der Waals surface area contributed by atoms with Crippen LogP contribution in [0.1, 0.15) is 25.7 Å². The Morgan fingerprint density at radius 1 is 1.30 bits per heavy atom. The Bertz CT molecular complexity index is 125. The van der Waals surface area contributed by atoms with Crippen molar-refractivity contribution in [2.75, 3.05) is 0 Å². The van der Waals surface area contributed by atoms with Crippen molar-refractivity contribution in [3.05, 3.63) is 6.92 Å². The maximum Gasteiger partial charge on any atom is 0.220 e. The van der Waals surface area contributed by atoms with E-state index in [0.29, 0.717) is 5.92 Å². The van der Waals surface area contributed by atoms with E-state index in [-0.39, 0.29) is 11.8 Å². The molecule has 1 radical (unpaired) electrons. The Kier molecular flexibility index (Phi) is 2.30. The van der Waals surface area contributed by atoms with Crippen molar-refractivity contribution >= 4 is 5.91 Å². The molecule has 0 unspecified atom stereocenters. The lowest BCUT2D eigenvalue weighted by Crippen LogP contribution is -2.26. The fraction of sp³-hybridized carbons (Fsp3) is 0.750. The van der Waals surface area contributed by atoms with E-state index in [2.05, 4.69) is 6.92 Å². The third kappa shape index (κ3) is 1.72. The monoisotopic (exact) mass is 140 g/mol. The maximum atomic E-state index is 10.7. The minimum absolute atomic E-state index is 0.132. The lowest BCUT2D eigenvalue weighted by Gasteiger charge is -2.23. The van der Waals surface area contributed by atoms with Gasteiger partial charge in [0, 0.05) is 5.92 Å². The molecule has 0 spiro atoms. The third-order valence-electron chi connectivity index (χ3n) is 2.25. The average Bonchev–Trinajstić information content (AvgIpc) is 1.88. The highest BCUT2D eigenvalue weighted by Crippen LogP contribution is 2.27. The first-order valence-electron chi connectivity index (χ1n) is 3.82. The minimum Gasteiger partial charge on any atom is -0.369 e. The smallest absolute Gasteiger partial charge is 0.220 e. The maximum absolute atomic E-state index is 10.7. The van der Waals surface area contributed by atoms with Gasteiger partial charge in [0.25, 0.3) is 0 Å². The summed E-state index contributed by atoms with van der Waals surface area (Å²) in [6.45, 7) is 3.94. The number of amides is 1. The number of nitrogens with two attached hydrogens (primary N) is 1. The van der Waals surface area contributed by atoms with Crippen molar-refractivity contribution < 1.29 is 4.79 Å². The van der Waals surface area contributed by atoms with Crippen LogP contribution in [0, 0.1) is 18.8 Å². The molecule has 0 atom stereocenters. The predicted octanol–water partition coefficient (Wildman–Crippen LogP) is 1.11. The molecule has 57 valence electrons. The van der Waals surface area contributed by atoms with Gasteiger partial charge in [-0.2, -0.15) is 0 Å². The molecular weight excluding hydrogens is 126 g/mol. The summed E-state index contributed by atoms with van der Waals surface area (Å²) in [5, 5.41) is 0. The SMILES string of the molecule is [CH2][C@H]1CC[C@H](C(N)=O)CC1. The summed E-state index contributed by atoms with van der Waals surface area (Å²) in [6, 6.07) is 0. The van der Waals surface area contributed by atoms with Gasteiger partial charge in [-0.15, -0.1) is 0 Å². The van der Waals surface area contributed by atoms with Gasteiger partial charge in [-0.3, -0.25) is 4.79 Å². The van der Waals surface area contributed by atoms with Gasteiger partial charge in [-0.1, -0.05) is 6.92 Å². The van der Waals surface area contributed by atoms with Crippen LogP contribution >= 0.6 is 0 Å². The standard InChI is InChI=1S/C8H14NO/c1-6-2-4-7(5-3-6)8(9)10/h6-7H,1-5H2,(H2,9,10)/t6-,7-. The molecule has 0 saturated heterocycles. The van der Waals surface area contributed by atoms with Crippen molar-refractivity contribution in [3.63, 3.8) is 0 Å². The molecule has 2 nitrogen and oxygen atoms in total. The summed E-state index contributed by atoms with van der Waals surface area (Å²) in [5.41, 5.74) is 5.15. The summed E-state index contributed by atoms with van der Waals surface area (Å²) in [7, 11) is 0. The van der Waals surface area contributed by atoms with E-state index in [9.17, 15) is 4.79 Å². The fourth-order valence-electron chi connectivity index (χ4n) is 1.45. The first-order valence-corrected chi connectivity index (χ1v) is 3.82. The molecule has 1 rings (SSSR count). The lowest BCUT2D eigenvalue weighted by molar-refractivity contribution is -0.122. The molecule has 0 aromatic heterocycles. The predicted molar refractivity (Wildman–Crippen MR) is 40.0 cm³/mol. The zero-order chi connectivity index (χ0) is 7.56. The van der Waals surface area contributed by atoms with Gasteiger partial charge in [-0.25, -0.2) is 0 Å². The highest BCUT2D eigenvalue weighted by molar-refractivity contribution is 5.76. The van der Waals surface area contributed by atoms with Crippen LogP contribution in [0.2, 0.25) is 0 Å². The summed E-state index contributed by atoms with van der Waals surface area (Å²) in [4.78, 5) is 10.7. The molecular formula is C8H14NO. The van der Waals surface area contributed by atoms with Crippen LogP contribution in [0.25, 0.3) is 0 Å². The summed E-state index contributed by atoms with van der Waals surface area (Å²) in [6.07, 6.45) is 4.02. The molecule has 0 bridgehead atoms.